The molecule has 0 heterocycles. The van der Waals surface area contributed by atoms with Gasteiger partial charge < -0.3 is 9.47 Å². The number of nitrogens with zero attached hydrogens (tertiary/aromatic N) is 7. The van der Waals surface area contributed by atoms with Crippen LogP contribution in [0.3, 0.4) is 0 Å². The Morgan fingerprint density at radius 1 is 0.667 bits per heavy atom. The van der Waals surface area contributed by atoms with E-state index < -0.39 is 15.0 Å². The fourth-order valence-corrected chi connectivity index (χ4v) is 12.0. The van der Waals surface area contributed by atoms with Gasteiger partial charge in [-0.1, -0.05) is 29.8 Å². The van der Waals surface area contributed by atoms with E-state index in [2.05, 4.69) is 125 Å². The summed E-state index contributed by atoms with van der Waals surface area (Å²) in [6.45, 7) is 4.94. The van der Waals surface area contributed by atoms with Gasteiger partial charge in [0.05, 0.1) is 33.0 Å². The molecule has 0 amide bonds. The minimum absolute atomic E-state index is 0.546. The molecule has 0 radical (unpaired) electrons. The first kappa shape index (κ1) is 30.4. The van der Waals surface area contributed by atoms with Gasteiger partial charge in [0.2, 0.25) is 7.51 Å². The van der Waals surface area contributed by atoms with Gasteiger partial charge in [0.25, 0.3) is 0 Å². The molecule has 0 spiro atoms. The summed E-state index contributed by atoms with van der Waals surface area (Å²) in [7, 11) is 16.4. The van der Waals surface area contributed by atoms with E-state index in [9.17, 15) is 0 Å². The maximum atomic E-state index is 5.82. The van der Waals surface area contributed by atoms with Crippen LogP contribution in [0, 0.1) is 6.92 Å². The van der Waals surface area contributed by atoms with Gasteiger partial charge >= 0.3 is 0 Å². The fraction of sp³-hybridized carbons (Fsp3) is 0.727. The third-order valence-electron chi connectivity index (χ3n) is 5.21. The number of hydrogen-bond acceptors (Lipinski definition) is 3. The van der Waals surface area contributed by atoms with Crippen LogP contribution < -0.4 is 0 Å². The van der Waals surface area contributed by atoms with E-state index in [0.717, 1.165) is 0 Å². The number of ether oxygens (including phenoxy) is 2. The van der Waals surface area contributed by atoms with E-state index >= 15 is 0 Å². The molecule has 0 aliphatic carbocycles. The maximum Gasteiger partial charge on any atom is 0.212 e. The molecular weight excluding hydrogens is 456 g/mol. The van der Waals surface area contributed by atoms with Crippen LogP contribution in [0.1, 0.15) is 11.1 Å². The third kappa shape index (κ3) is 8.24. The first-order valence-electron chi connectivity index (χ1n) is 11.2. The van der Waals surface area contributed by atoms with E-state index in [4.69, 9.17) is 18.7 Å². The lowest BCUT2D eigenvalue weighted by molar-refractivity contribution is 0.0435. The highest BCUT2D eigenvalue weighted by Gasteiger charge is 2.35. The van der Waals surface area contributed by atoms with Gasteiger partial charge in [-0.05, 0) is 83.0 Å². The second kappa shape index (κ2) is 14.1. The summed E-state index contributed by atoms with van der Waals surface area (Å²) in [6.07, 6.45) is 0. The lowest BCUT2D eigenvalue weighted by Gasteiger charge is -2.44. The van der Waals surface area contributed by atoms with Gasteiger partial charge in [-0.2, -0.15) is 4.52 Å². The van der Waals surface area contributed by atoms with Crippen molar-refractivity contribution in [3.63, 3.8) is 0 Å². The van der Waals surface area contributed by atoms with Crippen LogP contribution in [-0.2, 0) is 16.1 Å². The summed E-state index contributed by atoms with van der Waals surface area (Å²) in [5, 5.41) is 0. The van der Waals surface area contributed by atoms with Crippen molar-refractivity contribution in [2.24, 2.45) is 9.26 Å². The van der Waals surface area contributed by atoms with Gasteiger partial charge in [0, 0.05) is 0 Å². The van der Waals surface area contributed by atoms with Crippen molar-refractivity contribution in [2.75, 3.05) is 96.8 Å². The van der Waals surface area contributed by atoms with Crippen LogP contribution in [0.2, 0.25) is 0 Å². The summed E-state index contributed by atoms with van der Waals surface area (Å²) in [6, 6.07) is 8.41. The zero-order valence-electron chi connectivity index (χ0n) is 22.7. The molecule has 192 valence electrons. The highest BCUT2D eigenvalue weighted by Crippen LogP contribution is 2.67. The summed E-state index contributed by atoms with van der Waals surface area (Å²) in [5.74, 6) is 0. The number of rotatable bonds is 14. The summed E-state index contributed by atoms with van der Waals surface area (Å²) in [4.78, 5) is 0. The molecule has 1 aromatic carbocycles. The molecule has 0 bridgehead atoms. The standard InChI is InChI=1S/C22H47N7O2P2/c1-21-12-14-22(15-13-21)20-31-19-18-30-17-16-23-32(25(2)3,26(4)5)24-33(27(6)7,28(8)9)29(10)11/h12-15H,16-20H2,1-11H3. The number of hydrogen-bond donors (Lipinski definition) is 0. The second-order valence-corrected chi connectivity index (χ2v) is 16.1. The molecule has 0 aromatic heterocycles. The monoisotopic (exact) mass is 503 g/mol. The Balaban J connectivity index is 2.87. The van der Waals surface area contributed by atoms with Gasteiger partial charge in [0.1, 0.15) is 0 Å². The molecule has 0 saturated carbocycles. The minimum Gasteiger partial charge on any atom is -0.377 e. The largest absolute Gasteiger partial charge is 0.377 e. The van der Waals surface area contributed by atoms with Crippen LogP contribution in [0.5, 0.6) is 0 Å². The molecule has 0 aliphatic heterocycles. The molecule has 11 heteroatoms. The van der Waals surface area contributed by atoms with E-state index in [1.807, 2.05) is 0 Å². The van der Waals surface area contributed by atoms with Crippen molar-refractivity contribution >= 4 is 15.0 Å². The SMILES string of the molecule is Cc1ccc(COCCOCCN=P(N=P(N(C)C)(N(C)C)N(C)C)(N(C)C)N(C)C)cc1. The molecule has 0 aliphatic rings. The van der Waals surface area contributed by atoms with Gasteiger partial charge in [-0.25, -0.2) is 9.34 Å². The Labute approximate surface area is 203 Å². The molecule has 0 N–H and O–H groups in total. The Kier molecular flexibility index (Phi) is 13.0. The van der Waals surface area contributed by atoms with Crippen LogP contribution in [0.25, 0.3) is 0 Å². The van der Waals surface area contributed by atoms with Crippen LogP contribution in [-0.4, -0.2) is 120 Å². The fourth-order valence-electron chi connectivity index (χ4n) is 3.61. The molecule has 1 aromatic rings. The Hall–Kier alpha value is -0.600. The van der Waals surface area contributed by atoms with E-state index in [-0.39, 0.29) is 0 Å². The lowest BCUT2D eigenvalue weighted by atomic mass is 10.2. The average Bonchev–Trinajstić information content (AvgIpc) is 2.72. The van der Waals surface area contributed by atoms with Crippen LogP contribution in [0.4, 0.5) is 0 Å². The first-order chi connectivity index (χ1) is 15.4. The quantitative estimate of drug-likeness (QED) is 0.278. The molecular formula is C22H47N7O2P2. The van der Waals surface area contributed by atoms with Crippen molar-refractivity contribution < 1.29 is 9.47 Å². The third-order valence-corrected chi connectivity index (χ3v) is 13.1. The van der Waals surface area contributed by atoms with Crippen LogP contribution >= 0.6 is 15.0 Å². The van der Waals surface area contributed by atoms with Gasteiger partial charge in [-0.15, -0.1) is 0 Å². The van der Waals surface area contributed by atoms with Crippen LogP contribution in [0.15, 0.2) is 33.5 Å². The predicted octanol–water partition coefficient (Wildman–Crippen LogP) is 4.23. The second-order valence-electron chi connectivity index (χ2n) is 8.91. The highest BCUT2D eigenvalue weighted by molar-refractivity contribution is 7.71. The lowest BCUT2D eigenvalue weighted by Crippen LogP contribution is -2.32. The minimum atomic E-state index is -2.30. The van der Waals surface area contributed by atoms with E-state index in [1.54, 1.807) is 0 Å². The average molecular weight is 504 g/mol. The summed E-state index contributed by atoms with van der Waals surface area (Å²) < 4.78 is 33.2. The molecule has 33 heavy (non-hydrogen) atoms. The topological polar surface area (TPSA) is 59.4 Å². The van der Waals surface area contributed by atoms with Crippen molar-refractivity contribution in [3.05, 3.63) is 35.4 Å². The molecule has 1 rings (SSSR count). The Morgan fingerprint density at radius 3 is 1.61 bits per heavy atom. The normalized spacial score (nSPS) is 13.1. The van der Waals surface area contributed by atoms with Crippen molar-refractivity contribution in [3.8, 4) is 0 Å². The maximum absolute atomic E-state index is 5.82. The Bertz CT molecular complexity index is 769. The summed E-state index contributed by atoms with van der Waals surface area (Å²) >= 11 is 0. The van der Waals surface area contributed by atoms with Gasteiger partial charge in [-0.3, -0.25) is 18.8 Å². The zero-order valence-corrected chi connectivity index (χ0v) is 24.5. The van der Waals surface area contributed by atoms with E-state index in [1.165, 1.54) is 11.1 Å². The molecule has 0 saturated heterocycles. The number of benzene rings is 1. The summed E-state index contributed by atoms with van der Waals surface area (Å²) in [5.41, 5.74) is 2.44. The zero-order chi connectivity index (χ0) is 25.2. The highest BCUT2D eigenvalue weighted by atomic mass is 31.2. The smallest absolute Gasteiger partial charge is 0.212 e. The number of aryl methyl sites for hydroxylation is 1. The van der Waals surface area contributed by atoms with Gasteiger partial charge in [0.15, 0.2) is 7.51 Å². The van der Waals surface area contributed by atoms with Crippen molar-refractivity contribution in [1.82, 2.24) is 23.4 Å². The van der Waals surface area contributed by atoms with Crippen molar-refractivity contribution in [2.45, 2.75) is 13.5 Å². The molecule has 0 unspecified atom stereocenters. The van der Waals surface area contributed by atoms with E-state index in [0.29, 0.717) is 33.0 Å². The Morgan fingerprint density at radius 2 is 1.15 bits per heavy atom. The predicted molar refractivity (Wildman–Crippen MR) is 144 cm³/mol. The molecule has 0 fully saturated rings. The van der Waals surface area contributed by atoms with Crippen molar-refractivity contribution in [1.29, 1.82) is 0 Å². The molecule has 0 atom stereocenters. The first-order valence-corrected chi connectivity index (χ1v) is 14.4. The molecule has 9 nitrogen and oxygen atoms in total.